The predicted octanol–water partition coefficient (Wildman–Crippen LogP) is 3.40. The molecule has 0 bridgehead atoms. The van der Waals surface area contributed by atoms with Gasteiger partial charge in [0.05, 0.1) is 6.42 Å². The summed E-state index contributed by atoms with van der Waals surface area (Å²) >= 11 is 0. The molecule has 0 aliphatic carbocycles. The van der Waals surface area contributed by atoms with Gasteiger partial charge in [-0.3, -0.25) is 4.79 Å². The molecule has 80 valence electrons. The van der Waals surface area contributed by atoms with Crippen LogP contribution in [0.2, 0.25) is 0 Å². The van der Waals surface area contributed by atoms with E-state index in [1.807, 2.05) is 20.8 Å². The molecule has 1 N–H and O–H groups in total. The molecule has 0 unspecified atom stereocenters. The van der Waals surface area contributed by atoms with E-state index in [9.17, 15) is 4.79 Å². The molecule has 0 aromatic heterocycles. The van der Waals surface area contributed by atoms with E-state index in [1.54, 1.807) is 6.08 Å². The summed E-state index contributed by atoms with van der Waals surface area (Å²) in [6, 6.07) is 0. The first-order valence-electron chi connectivity index (χ1n) is 4.88. The summed E-state index contributed by atoms with van der Waals surface area (Å²) in [6.07, 6.45) is 5.79. The van der Waals surface area contributed by atoms with Crippen molar-refractivity contribution in [1.29, 1.82) is 0 Å². The number of allylic oxidation sites excluding steroid dienone is 3. The quantitative estimate of drug-likeness (QED) is 0.661. The van der Waals surface area contributed by atoms with Crippen LogP contribution in [-0.4, -0.2) is 11.1 Å². The molecule has 0 aromatic rings. The highest BCUT2D eigenvalue weighted by Crippen LogP contribution is 2.29. The fraction of sp³-hybridized carbons (Fsp3) is 0.583. The smallest absolute Gasteiger partial charge is 0.304 e. The van der Waals surface area contributed by atoms with Crippen LogP contribution in [0, 0.1) is 5.41 Å². The minimum Gasteiger partial charge on any atom is -0.481 e. The predicted molar refractivity (Wildman–Crippen MR) is 59.2 cm³/mol. The monoisotopic (exact) mass is 196 g/mol. The summed E-state index contributed by atoms with van der Waals surface area (Å²) in [5, 5.41) is 8.73. The third kappa shape index (κ3) is 5.57. The first-order chi connectivity index (χ1) is 6.39. The molecule has 0 spiro atoms. The van der Waals surface area contributed by atoms with E-state index in [0.29, 0.717) is 0 Å². The van der Waals surface area contributed by atoms with Crippen LogP contribution in [0.25, 0.3) is 0 Å². The van der Waals surface area contributed by atoms with E-state index >= 15 is 0 Å². The number of hydrogen-bond donors (Lipinski definition) is 1. The second kappa shape index (κ2) is 5.63. The highest BCUT2D eigenvalue weighted by atomic mass is 16.4. The average Bonchev–Trinajstić information content (AvgIpc) is 2.02. The lowest BCUT2D eigenvalue weighted by atomic mass is 9.82. The normalized spacial score (nSPS) is 14.2. The number of carboxylic acids is 1. The standard InChI is InChI=1S/C12H20O2/c1-5-12(4,9-11(13)14)8-6-7-10(2)3/h5,7H,1,6,8-9H2,2-4H3,(H,13,14)/t12-/m1/s1. The molecular formula is C12H20O2. The molecule has 0 fully saturated rings. The van der Waals surface area contributed by atoms with Crippen LogP contribution < -0.4 is 0 Å². The molecule has 0 amide bonds. The van der Waals surface area contributed by atoms with Crippen LogP contribution in [0.1, 0.15) is 40.0 Å². The number of carbonyl (C=O) groups is 1. The lowest BCUT2D eigenvalue weighted by Crippen LogP contribution is -2.17. The Bertz CT molecular complexity index is 237. The second-order valence-corrected chi connectivity index (χ2v) is 4.25. The van der Waals surface area contributed by atoms with Crippen LogP contribution in [0.5, 0.6) is 0 Å². The van der Waals surface area contributed by atoms with E-state index in [4.69, 9.17) is 5.11 Å². The van der Waals surface area contributed by atoms with Gasteiger partial charge in [0.2, 0.25) is 0 Å². The fourth-order valence-corrected chi connectivity index (χ4v) is 1.30. The van der Waals surface area contributed by atoms with Gasteiger partial charge in [0.15, 0.2) is 0 Å². The summed E-state index contributed by atoms with van der Waals surface area (Å²) in [7, 11) is 0. The Morgan fingerprint density at radius 3 is 2.43 bits per heavy atom. The number of hydrogen-bond acceptors (Lipinski definition) is 1. The maximum Gasteiger partial charge on any atom is 0.304 e. The SMILES string of the molecule is C=C[C@](C)(CCC=C(C)C)CC(=O)O. The van der Waals surface area contributed by atoms with Gasteiger partial charge in [-0.2, -0.15) is 0 Å². The Morgan fingerprint density at radius 2 is 2.07 bits per heavy atom. The maximum absolute atomic E-state index is 10.6. The van der Waals surface area contributed by atoms with Gasteiger partial charge in [-0.15, -0.1) is 6.58 Å². The molecule has 0 aliphatic heterocycles. The van der Waals surface area contributed by atoms with Crippen molar-refractivity contribution < 1.29 is 9.90 Å². The van der Waals surface area contributed by atoms with Crippen molar-refractivity contribution in [3.8, 4) is 0 Å². The first kappa shape index (κ1) is 12.9. The van der Waals surface area contributed by atoms with Crippen molar-refractivity contribution in [2.45, 2.75) is 40.0 Å². The van der Waals surface area contributed by atoms with Gasteiger partial charge in [0.1, 0.15) is 0 Å². The topological polar surface area (TPSA) is 37.3 Å². The first-order valence-corrected chi connectivity index (χ1v) is 4.88. The largest absolute Gasteiger partial charge is 0.481 e. The highest BCUT2D eigenvalue weighted by Gasteiger charge is 2.22. The molecule has 0 rings (SSSR count). The molecule has 0 saturated heterocycles. The van der Waals surface area contributed by atoms with Gasteiger partial charge >= 0.3 is 5.97 Å². The molecular weight excluding hydrogens is 176 g/mol. The fourth-order valence-electron chi connectivity index (χ4n) is 1.30. The van der Waals surface area contributed by atoms with Crippen LogP contribution in [0.15, 0.2) is 24.3 Å². The van der Waals surface area contributed by atoms with Crippen molar-refractivity contribution in [3.05, 3.63) is 24.3 Å². The van der Waals surface area contributed by atoms with E-state index in [2.05, 4.69) is 12.7 Å². The van der Waals surface area contributed by atoms with Gasteiger partial charge in [0, 0.05) is 0 Å². The molecule has 0 aromatic carbocycles. The Morgan fingerprint density at radius 1 is 1.50 bits per heavy atom. The van der Waals surface area contributed by atoms with Crippen molar-refractivity contribution in [2.75, 3.05) is 0 Å². The number of rotatable bonds is 6. The van der Waals surface area contributed by atoms with Crippen LogP contribution >= 0.6 is 0 Å². The molecule has 0 aliphatic rings. The molecule has 2 heteroatoms. The summed E-state index contributed by atoms with van der Waals surface area (Å²) in [5.74, 6) is -0.760. The van der Waals surface area contributed by atoms with Crippen molar-refractivity contribution >= 4 is 5.97 Å². The van der Waals surface area contributed by atoms with Crippen LogP contribution in [0.4, 0.5) is 0 Å². The molecule has 0 radical (unpaired) electrons. The Kier molecular flexibility index (Phi) is 5.21. The summed E-state index contributed by atoms with van der Waals surface area (Å²) in [6.45, 7) is 9.73. The summed E-state index contributed by atoms with van der Waals surface area (Å²) in [4.78, 5) is 10.6. The lowest BCUT2D eigenvalue weighted by molar-refractivity contribution is -0.138. The minimum atomic E-state index is -0.760. The van der Waals surface area contributed by atoms with Crippen molar-refractivity contribution in [1.82, 2.24) is 0 Å². The molecule has 1 atom stereocenters. The van der Waals surface area contributed by atoms with Crippen LogP contribution in [-0.2, 0) is 4.79 Å². The van der Waals surface area contributed by atoms with Crippen molar-refractivity contribution in [3.63, 3.8) is 0 Å². The van der Waals surface area contributed by atoms with Gasteiger partial charge in [-0.25, -0.2) is 0 Å². The lowest BCUT2D eigenvalue weighted by Gasteiger charge is -2.22. The second-order valence-electron chi connectivity index (χ2n) is 4.25. The molecule has 2 nitrogen and oxygen atoms in total. The van der Waals surface area contributed by atoms with E-state index in [-0.39, 0.29) is 11.8 Å². The van der Waals surface area contributed by atoms with Gasteiger partial charge in [-0.05, 0) is 32.1 Å². The zero-order valence-electron chi connectivity index (χ0n) is 9.34. The Hall–Kier alpha value is -1.05. The summed E-state index contributed by atoms with van der Waals surface area (Å²) in [5.41, 5.74) is 0.990. The zero-order chi connectivity index (χ0) is 11.2. The maximum atomic E-state index is 10.6. The van der Waals surface area contributed by atoms with E-state index < -0.39 is 5.97 Å². The molecule has 0 heterocycles. The van der Waals surface area contributed by atoms with Gasteiger partial charge in [-0.1, -0.05) is 24.6 Å². The number of carboxylic acid groups (broad SMARTS) is 1. The van der Waals surface area contributed by atoms with Gasteiger partial charge in [0.25, 0.3) is 0 Å². The number of aliphatic carboxylic acids is 1. The average molecular weight is 196 g/mol. The highest BCUT2D eigenvalue weighted by molar-refractivity contribution is 5.68. The van der Waals surface area contributed by atoms with Gasteiger partial charge < -0.3 is 5.11 Å². The van der Waals surface area contributed by atoms with E-state index in [0.717, 1.165) is 12.8 Å². The third-order valence-corrected chi connectivity index (χ3v) is 2.32. The minimum absolute atomic E-state index is 0.160. The van der Waals surface area contributed by atoms with E-state index in [1.165, 1.54) is 5.57 Å². The molecule has 0 saturated carbocycles. The van der Waals surface area contributed by atoms with Crippen molar-refractivity contribution in [2.24, 2.45) is 5.41 Å². The zero-order valence-corrected chi connectivity index (χ0v) is 9.34. The third-order valence-electron chi connectivity index (χ3n) is 2.32. The summed E-state index contributed by atoms with van der Waals surface area (Å²) < 4.78 is 0. The Balaban J connectivity index is 4.19. The Labute approximate surface area is 86.3 Å². The van der Waals surface area contributed by atoms with Crippen LogP contribution in [0.3, 0.4) is 0 Å². The molecule has 14 heavy (non-hydrogen) atoms.